The molecule has 0 aromatic heterocycles. The van der Waals surface area contributed by atoms with E-state index in [0.717, 1.165) is 24.6 Å². The zero-order valence-corrected chi connectivity index (χ0v) is 11.4. The molecule has 0 radical (unpaired) electrons. The Morgan fingerprint density at radius 2 is 1.53 bits per heavy atom. The van der Waals surface area contributed by atoms with Crippen molar-refractivity contribution in [3.05, 3.63) is 0 Å². The monoisotopic (exact) mass is 239 g/mol. The molecule has 2 saturated carbocycles. The van der Waals surface area contributed by atoms with Crippen LogP contribution < -0.4 is 5.32 Å². The van der Waals surface area contributed by atoms with Gasteiger partial charge < -0.3 is 10.1 Å². The van der Waals surface area contributed by atoms with Crippen LogP contribution in [0.2, 0.25) is 0 Å². The summed E-state index contributed by atoms with van der Waals surface area (Å²) in [6.07, 6.45) is 14.0. The molecule has 0 spiro atoms. The van der Waals surface area contributed by atoms with Crippen molar-refractivity contribution in [3.8, 4) is 0 Å². The van der Waals surface area contributed by atoms with Crippen LogP contribution in [-0.4, -0.2) is 25.8 Å². The van der Waals surface area contributed by atoms with E-state index in [1.807, 2.05) is 7.11 Å². The molecule has 0 aliphatic heterocycles. The predicted octanol–water partition coefficient (Wildman–Crippen LogP) is 3.50. The Morgan fingerprint density at radius 3 is 2.29 bits per heavy atom. The van der Waals surface area contributed by atoms with E-state index in [1.54, 1.807) is 0 Å². The van der Waals surface area contributed by atoms with Gasteiger partial charge in [-0.3, -0.25) is 0 Å². The molecule has 0 amide bonds. The molecule has 17 heavy (non-hydrogen) atoms. The molecule has 2 rings (SSSR count). The van der Waals surface area contributed by atoms with Gasteiger partial charge in [-0.1, -0.05) is 25.7 Å². The van der Waals surface area contributed by atoms with E-state index in [9.17, 15) is 0 Å². The van der Waals surface area contributed by atoms with Crippen molar-refractivity contribution in [1.29, 1.82) is 0 Å². The summed E-state index contributed by atoms with van der Waals surface area (Å²) in [6, 6.07) is 1.62. The molecule has 0 heterocycles. The molecule has 0 unspecified atom stereocenters. The summed E-state index contributed by atoms with van der Waals surface area (Å²) in [6.45, 7) is 0.968. The number of nitrogens with one attached hydrogen (secondary N) is 1. The van der Waals surface area contributed by atoms with Gasteiger partial charge in [0.1, 0.15) is 0 Å². The molecule has 1 N–H and O–H groups in total. The molecular formula is C15H29NO. The lowest BCUT2D eigenvalue weighted by molar-refractivity contribution is 0.144. The second-order valence-electron chi connectivity index (χ2n) is 6.03. The number of methoxy groups -OCH3 is 1. The summed E-state index contributed by atoms with van der Waals surface area (Å²) in [5.41, 5.74) is 0. The fourth-order valence-electron chi connectivity index (χ4n) is 3.55. The van der Waals surface area contributed by atoms with Gasteiger partial charge in [0.15, 0.2) is 0 Å². The molecule has 2 nitrogen and oxygen atoms in total. The first kappa shape index (κ1) is 13.4. The third-order valence-corrected chi connectivity index (χ3v) is 4.57. The van der Waals surface area contributed by atoms with Gasteiger partial charge in [0.2, 0.25) is 0 Å². The van der Waals surface area contributed by atoms with Crippen molar-refractivity contribution in [1.82, 2.24) is 5.32 Å². The van der Waals surface area contributed by atoms with Crippen LogP contribution in [0, 0.1) is 5.92 Å². The van der Waals surface area contributed by atoms with Crippen LogP contribution in [0.4, 0.5) is 0 Å². The molecule has 0 bridgehead atoms. The molecule has 2 fully saturated rings. The predicted molar refractivity (Wildman–Crippen MR) is 72.2 cm³/mol. The SMILES string of the molecule is COC[C@@H]1CCC[C@@H](NC2CCCCC2)CC1. The topological polar surface area (TPSA) is 21.3 Å². The molecule has 100 valence electrons. The highest BCUT2D eigenvalue weighted by Gasteiger charge is 2.22. The standard InChI is InChI=1S/C15H29NO/c1-17-12-13-6-5-9-15(11-10-13)16-14-7-3-2-4-8-14/h13-16H,2-12H2,1H3/t13-,15-/m1/s1. The first-order valence-corrected chi connectivity index (χ1v) is 7.63. The summed E-state index contributed by atoms with van der Waals surface area (Å²) < 4.78 is 5.30. The first-order valence-electron chi connectivity index (χ1n) is 7.63. The average Bonchev–Trinajstić information content (AvgIpc) is 2.57. The molecule has 2 aliphatic carbocycles. The van der Waals surface area contributed by atoms with Crippen LogP contribution in [-0.2, 0) is 4.74 Å². The van der Waals surface area contributed by atoms with E-state index >= 15 is 0 Å². The van der Waals surface area contributed by atoms with Crippen molar-refractivity contribution < 1.29 is 4.74 Å². The number of hydrogen-bond acceptors (Lipinski definition) is 2. The average molecular weight is 239 g/mol. The van der Waals surface area contributed by atoms with Crippen LogP contribution in [0.15, 0.2) is 0 Å². The Bertz CT molecular complexity index is 201. The molecule has 0 aromatic rings. The largest absolute Gasteiger partial charge is 0.384 e. The van der Waals surface area contributed by atoms with E-state index in [2.05, 4.69) is 5.32 Å². The van der Waals surface area contributed by atoms with Crippen LogP contribution >= 0.6 is 0 Å². The number of hydrogen-bond donors (Lipinski definition) is 1. The van der Waals surface area contributed by atoms with E-state index in [-0.39, 0.29) is 0 Å². The van der Waals surface area contributed by atoms with Crippen LogP contribution in [0.3, 0.4) is 0 Å². The fraction of sp³-hybridized carbons (Fsp3) is 1.00. The zero-order valence-electron chi connectivity index (χ0n) is 11.4. The highest BCUT2D eigenvalue weighted by atomic mass is 16.5. The van der Waals surface area contributed by atoms with E-state index in [0.29, 0.717) is 0 Å². The van der Waals surface area contributed by atoms with Crippen LogP contribution in [0.25, 0.3) is 0 Å². The number of rotatable bonds is 4. The Labute approximate surface area is 107 Å². The lowest BCUT2D eigenvalue weighted by Crippen LogP contribution is -2.39. The summed E-state index contributed by atoms with van der Waals surface area (Å²) in [5.74, 6) is 0.818. The first-order chi connectivity index (χ1) is 8.38. The maximum absolute atomic E-state index is 5.30. The molecule has 2 atom stereocenters. The molecular weight excluding hydrogens is 210 g/mol. The van der Waals surface area contributed by atoms with Gasteiger partial charge in [-0.05, 0) is 44.4 Å². The van der Waals surface area contributed by atoms with Gasteiger partial charge in [-0.25, -0.2) is 0 Å². The minimum atomic E-state index is 0.792. The van der Waals surface area contributed by atoms with Gasteiger partial charge in [-0.15, -0.1) is 0 Å². The minimum absolute atomic E-state index is 0.792. The molecule has 0 aromatic carbocycles. The Kier molecular flexibility index (Phi) is 5.79. The maximum Gasteiger partial charge on any atom is 0.0490 e. The lowest BCUT2D eigenvalue weighted by atomic mass is 9.94. The van der Waals surface area contributed by atoms with Crippen molar-refractivity contribution in [2.75, 3.05) is 13.7 Å². The van der Waals surface area contributed by atoms with Crippen molar-refractivity contribution in [2.24, 2.45) is 5.92 Å². The van der Waals surface area contributed by atoms with Gasteiger partial charge in [-0.2, -0.15) is 0 Å². The minimum Gasteiger partial charge on any atom is -0.384 e. The quantitative estimate of drug-likeness (QED) is 0.758. The number of ether oxygens (including phenoxy) is 1. The van der Waals surface area contributed by atoms with Crippen molar-refractivity contribution >= 4 is 0 Å². The van der Waals surface area contributed by atoms with Crippen molar-refractivity contribution in [3.63, 3.8) is 0 Å². The summed E-state index contributed by atoms with van der Waals surface area (Å²) in [7, 11) is 1.84. The maximum atomic E-state index is 5.30. The Hall–Kier alpha value is -0.0800. The highest BCUT2D eigenvalue weighted by molar-refractivity contribution is 4.80. The Balaban J connectivity index is 1.70. The van der Waals surface area contributed by atoms with Crippen LogP contribution in [0.5, 0.6) is 0 Å². The summed E-state index contributed by atoms with van der Waals surface area (Å²) in [5, 5.41) is 3.92. The molecule has 0 saturated heterocycles. The smallest absolute Gasteiger partial charge is 0.0490 e. The lowest BCUT2D eigenvalue weighted by Gasteiger charge is -2.28. The summed E-state index contributed by atoms with van der Waals surface area (Å²) >= 11 is 0. The second kappa shape index (κ2) is 7.38. The molecule has 2 heteroatoms. The van der Waals surface area contributed by atoms with Gasteiger partial charge in [0.25, 0.3) is 0 Å². The normalized spacial score (nSPS) is 32.3. The van der Waals surface area contributed by atoms with E-state index in [1.165, 1.54) is 64.2 Å². The third-order valence-electron chi connectivity index (χ3n) is 4.57. The summed E-state index contributed by atoms with van der Waals surface area (Å²) in [4.78, 5) is 0. The third kappa shape index (κ3) is 4.59. The molecule has 2 aliphatic rings. The second-order valence-corrected chi connectivity index (χ2v) is 6.03. The fourth-order valence-corrected chi connectivity index (χ4v) is 3.55. The zero-order chi connectivity index (χ0) is 11.9. The van der Waals surface area contributed by atoms with Gasteiger partial charge >= 0.3 is 0 Å². The Morgan fingerprint density at radius 1 is 0.824 bits per heavy atom. The van der Waals surface area contributed by atoms with E-state index < -0.39 is 0 Å². The van der Waals surface area contributed by atoms with Gasteiger partial charge in [0, 0.05) is 25.8 Å². The van der Waals surface area contributed by atoms with E-state index in [4.69, 9.17) is 4.74 Å². The van der Waals surface area contributed by atoms with Crippen molar-refractivity contribution in [2.45, 2.75) is 76.3 Å². The van der Waals surface area contributed by atoms with Gasteiger partial charge in [0.05, 0.1) is 0 Å². The van der Waals surface area contributed by atoms with Crippen LogP contribution in [0.1, 0.15) is 64.2 Å². The highest BCUT2D eigenvalue weighted by Crippen LogP contribution is 2.25.